The van der Waals surface area contributed by atoms with Gasteiger partial charge in [-0.1, -0.05) is 0 Å². The van der Waals surface area contributed by atoms with E-state index in [1.807, 2.05) is 0 Å². The summed E-state index contributed by atoms with van der Waals surface area (Å²) in [5, 5.41) is 2.83. The minimum atomic E-state index is -2.95. The highest BCUT2D eigenvalue weighted by molar-refractivity contribution is 7.90. The number of morpholine rings is 1. The smallest absolute Gasteiger partial charge is 0.236 e. The molecule has 1 fully saturated rings. The molecule has 0 aliphatic carbocycles. The number of hydrogen-bond acceptors (Lipinski definition) is 5. The molecule has 16 heavy (non-hydrogen) atoms. The second kappa shape index (κ2) is 6.17. The van der Waals surface area contributed by atoms with Gasteiger partial charge in [0.1, 0.15) is 9.84 Å². The number of carbonyl (C=O) groups excluding carboxylic acids is 1. The van der Waals surface area contributed by atoms with Gasteiger partial charge in [-0.15, -0.1) is 0 Å². The number of sulfone groups is 1. The van der Waals surface area contributed by atoms with E-state index in [-0.39, 0.29) is 18.2 Å². The summed E-state index contributed by atoms with van der Waals surface area (Å²) < 4.78 is 26.8. The average Bonchev–Trinajstić information content (AvgIpc) is 2.24. The normalized spacial score (nSPS) is 17.4. The minimum Gasteiger partial charge on any atom is -0.378 e. The fraction of sp³-hybridized carbons (Fsp3) is 0.889. The molecule has 1 aliphatic heterocycles. The molecule has 0 atom stereocenters. The van der Waals surface area contributed by atoms with E-state index in [0.717, 1.165) is 0 Å². The van der Waals surface area contributed by atoms with Gasteiger partial charge in [-0.2, -0.15) is 0 Å². The molecule has 1 N–H and O–H groups in total. The van der Waals surface area contributed by atoms with E-state index in [1.54, 1.807) is 4.90 Å². The maximum absolute atomic E-state index is 11.6. The van der Waals surface area contributed by atoms with Crippen molar-refractivity contribution in [1.29, 1.82) is 0 Å². The van der Waals surface area contributed by atoms with Crippen molar-refractivity contribution in [3.8, 4) is 0 Å². The van der Waals surface area contributed by atoms with Crippen molar-refractivity contribution < 1.29 is 17.9 Å². The van der Waals surface area contributed by atoms with Crippen LogP contribution in [-0.4, -0.2) is 70.6 Å². The zero-order valence-electron chi connectivity index (χ0n) is 9.44. The third-order valence-electron chi connectivity index (χ3n) is 2.29. The molecular weight excluding hydrogens is 232 g/mol. The summed E-state index contributed by atoms with van der Waals surface area (Å²) in [4.78, 5) is 13.3. The van der Waals surface area contributed by atoms with Gasteiger partial charge in [0.05, 0.1) is 25.5 Å². The number of hydrogen-bond donors (Lipinski definition) is 1. The molecule has 94 valence electrons. The van der Waals surface area contributed by atoms with Crippen LogP contribution in [0.5, 0.6) is 0 Å². The van der Waals surface area contributed by atoms with Crippen molar-refractivity contribution in [3.05, 3.63) is 0 Å². The highest BCUT2D eigenvalue weighted by atomic mass is 32.2. The fourth-order valence-corrected chi connectivity index (χ4v) is 1.89. The van der Waals surface area contributed by atoms with Crippen molar-refractivity contribution in [3.63, 3.8) is 0 Å². The summed E-state index contributed by atoms with van der Waals surface area (Å²) in [5.41, 5.74) is 0. The Morgan fingerprint density at radius 2 is 2.00 bits per heavy atom. The lowest BCUT2D eigenvalue weighted by Crippen LogP contribution is -2.45. The SMILES string of the molecule is CS(=O)(=O)CCNCC(=O)N1CCOCC1. The number of ether oxygens (including phenoxy) is 1. The van der Waals surface area contributed by atoms with Gasteiger partial charge < -0.3 is 15.0 Å². The van der Waals surface area contributed by atoms with Gasteiger partial charge in [0.25, 0.3) is 0 Å². The Morgan fingerprint density at radius 1 is 1.38 bits per heavy atom. The molecule has 7 heteroatoms. The molecule has 0 bridgehead atoms. The zero-order chi connectivity index (χ0) is 12.0. The van der Waals surface area contributed by atoms with Crippen LogP contribution in [0.15, 0.2) is 0 Å². The van der Waals surface area contributed by atoms with Crippen molar-refractivity contribution in [2.24, 2.45) is 0 Å². The maximum Gasteiger partial charge on any atom is 0.236 e. The van der Waals surface area contributed by atoms with Crippen LogP contribution in [-0.2, 0) is 19.4 Å². The van der Waals surface area contributed by atoms with Crippen molar-refractivity contribution in [1.82, 2.24) is 10.2 Å². The lowest BCUT2D eigenvalue weighted by Gasteiger charge is -2.26. The largest absolute Gasteiger partial charge is 0.378 e. The molecule has 1 rings (SSSR count). The molecule has 0 aromatic rings. The zero-order valence-corrected chi connectivity index (χ0v) is 10.3. The van der Waals surface area contributed by atoms with Crippen molar-refractivity contribution in [2.45, 2.75) is 0 Å². The summed E-state index contributed by atoms with van der Waals surface area (Å²) in [7, 11) is -2.95. The molecular formula is C9H18N2O4S. The fourth-order valence-electron chi connectivity index (χ4n) is 1.38. The third kappa shape index (κ3) is 5.43. The Morgan fingerprint density at radius 3 is 2.56 bits per heavy atom. The molecule has 1 saturated heterocycles. The number of nitrogens with one attached hydrogen (secondary N) is 1. The summed E-state index contributed by atoms with van der Waals surface area (Å²) in [6.45, 7) is 2.90. The van der Waals surface area contributed by atoms with Crippen LogP contribution in [0.25, 0.3) is 0 Å². The average molecular weight is 250 g/mol. The second-order valence-electron chi connectivity index (χ2n) is 3.80. The van der Waals surface area contributed by atoms with E-state index in [1.165, 1.54) is 6.26 Å². The topological polar surface area (TPSA) is 75.7 Å². The van der Waals surface area contributed by atoms with E-state index >= 15 is 0 Å². The van der Waals surface area contributed by atoms with Crippen LogP contribution in [0.1, 0.15) is 0 Å². The number of carbonyl (C=O) groups is 1. The Labute approximate surface area is 95.9 Å². The second-order valence-corrected chi connectivity index (χ2v) is 6.06. The quantitative estimate of drug-likeness (QED) is 0.600. The van der Waals surface area contributed by atoms with E-state index in [4.69, 9.17) is 4.74 Å². The van der Waals surface area contributed by atoms with Gasteiger partial charge >= 0.3 is 0 Å². The summed E-state index contributed by atoms with van der Waals surface area (Å²) in [6.07, 6.45) is 1.18. The molecule has 0 unspecified atom stereocenters. The highest BCUT2D eigenvalue weighted by Crippen LogP contribution is 1.96. The van der Waals surface area contributed by atoms with Crippen molar-refractivity contribution in [2.75, 3.05) is 51.4 Å². The van der Waals surface area contributed by atoms with Gasteiger partial charge in [0, 0.05) is 25.9 Å². The lowest BCUT2D eigenvalue weighted by molar-refractivity contribution is -0.134. The van der Waals surface area contributed by atoms with Crippen molar-refractivity contribution >= 4 is 15.7 Å². The molecule has 0 aromatic heterocycles. The van der Waals surface area contributed by atoms with Gasteiger partial charge in [-0.3, -0.25) is 4.79 Å². The van der Waals surface area contributed by atoms with Crippen LogP contribution in [0.3, 0.4) is 0 Å². The van der Waals surface area contributed by atoms with Crippen LogP contribution < -0.4 is 5.32 Å². The van der Waals surface area contributed by atoms with E-state index in [0.29, 0.717) is 32.8 Å². The maximum atomic E-state index is 11.6. The molecule has 6 nitrogen and oxygen atoms in total. The first-order valence-corrected chi connectivity index (χ1v) is 7.29. The van der Waals surface area contributed by atoms with E-state index in [9.17, 15) is 13.2 Å². The predicted octanol–water partition coefficient (Wildman–Crippen LogP) is -1.52. The van der Waals surface area contributed by atoms with Gasteiger partial charge in [-0.25, -0.2) is 8.42 Å². The molecule has 1 heterocycles. The summed E-state index contributed by atoms with van der Waals surface area (Å²) in [6, 6.07) is 0. The Balaban J connectivity index is 2.14. The number of amides is 1. The van der Waals surface area contributed by atoms with Gasteiger partial charge in [0.15, 0.2) is 0 Å². The Hall–Kier alpha value is -0.660. The van der Waals surface area contributed by atoms with Crippen LogP contribution >= 0.6 is 0 Å². The lowest BCUT2D eigenvalue weighted by atomic mass is 10.4. The number of rotatable bonds is 5. The Kier molecular flexibility index (Phi) is 5.17. The molecule has 0 radical (unpaired) electrons. The van der Waals surface area contributed by atoms with Crippen LogP contribution in [0.2, 0.25) is 0 Å². The van der Waals surface area contributed by atoms with Crippen LogP contribution in [0.4, 0.5) is 0 Å². The molecule has 0 saturated carbocycles. The minimum absolute atomic E-state index is 0.00296. The highest BCUT2D eigenvalue weighted by Gasteiger charge is 2.15. The molecule has 0 spiro atoms. The molecule has 0 aromatic carbocycles. The van der Waals surface area contributed by atoms with E-state index < -0.39 is 9.84 Å². The first-order valence-electron chi connectivity index (χ1n) is 5.23. The molecule has 1 amide bonds. The number of nitrogens with zero attached hydrogens (tertiary/aromatic N) is 1. The van der Waals surface area contributed by atoms with Gasteiger partial charge in [-0.05, 0) is 0 Å². The Bertz CT molecular complexity index is 322. The predicted molar refractivity (Wildman–Crippen MR) is 60.0 cm³/mol. The monoisotopic (exact) mass is 250 g/mol. The van der Waals surface area contributed by atoms with E-state index in [2.05, 4.69) is 5.32 Å². The van der Waals surface area contributed by atoms with Gasteiger partial charge in [0.2, 0.25) is 5.91 Å². The standard InChI is InChI=1S/C9H18N2O4S/c1-16(13,14)7-2-10-8-9(12)11-3-5-15-6-4-11/h10H,2-8H2,1H3. The summed E-state index contributed by atoms with van der Waals surface area (Å²) in [5.74, 6) is 0.0560. The first kappa shape index (κ1) is 13.4. The third-order valence-corrected chi connectivity index (χ3v) is 3.24. The molecule has 1 aliphatic rings. The summed E-state index contributed by atoms with van der Waals surface area (Å²) >= 11 is 0. The van der Waals surface area contributed by atoms with Crippen LogP contribution in [0, 0.1) is 0 Å². The first-order chi connectivity index (χ1) is 7.49.